The van der Waals surface area contributed by atoms with Crippen LogP contribution in [0.2, 0.25) is 0 Å². The van der Waals surface area contributed by atoms with E-state index >= 15 is 0 Å². The topological polar surface area (TPSA) is 37.3 Å². The summed E-state index contributed by atoms with van der Waals surface area (Å²) in [6, 6.07) is 1.58. The molecule has 21 heavy (non-hydrogen) atoms. The van der Waals surface area contributed by atoms with Crippen molar-refractivity contribution in [1.82, 2.24) is 4.98 Å². The molecular formula is C17H22FN3. The van der Waals surface area contributed by atoms with Crippen LogP contribution in [0.25, 0.3) is 0 Å². The van der Waals surface area contributed by atoms with Gasteiger partial charge >= 0.3 is 0 Å². The first kappa shape index (κ1) is 16.8. The Morgan fingerprint density at radius 3 is 2.81 bits per heavy atom. The number of aliphatic imine (C=N–C) groups is 1. The van der Waals surface area contributed by atoms with Gasteiger partial charge in [0.25, 0.3) is 0 Å². The first-order valence-electron chi connectivity index (χ1n) is 7.08. The molecule has 0 aliphatic heterocycles. The zero-order chi connectivity index (χ0) is 15.7. The maximum atomic E-state index is 13.6. The lowest BCUT2D eigenvalue weighted by Gasteiger charge is -2.10. The molecule has 4 heteroatoms. The number of hydrogen-bond donors (Lipinski definition) is 1. The molecule has 0 radical (unpaired) electrons. The van der Waals surface area contributed by atoms with Crippen molar-refractivity contribution in [2.45, 2.75) is 33.6 Å². The Balaban J connectivity index is 2.96. The number of anilines is 1. The summed E-state index contributed by atoms with van der Waals surface area (Å²) in [5.74, 6) is 0.263. The second kappa shape index (κ2) is 8.84. The monoisotopic (exact) mass is 287 g/mol. The maximum absolute atomic E-state index is 13.6. The maximum Gasteiger partial charge on any atom is 0.164 e. The fourth-order valence-corrected chi connectivity index (χ4v) is 1.74. The van der Waals surface area contributed by atoms with E-state index in [0.717, 1.165) is 12.0 Å². The van der Waals surface area contributed by atoms with Crippen LogP contribution < -0.4 is 5.32 Å². The molecule has 0 saturated heterocycles. The Morgan fingerprint density at radius 2 is 2.24 bits per heavy atom. The lowest BCUT2D eigenvalue weighted by molar-refractivity contribution is 0.626. The van der Waals surface area contributed by atoms with Gasteiger partial charge in [0.05, 0.1) is 17.6 Å². The summed E-state index contributed by atoms with van der Waals surface area (Å²) < 4.78 is 13.6. The van der Waals surface area contributed by atoms with Crippen molar-refractivity contribution in [2.75, 3.05) is 5.32 Å². The molecule has 0 aliphatic rings. The van der Waals surface area contributed by atoms with E-state index in [0.29, 0.717) is 23.6 Å². The van der Waals surface area contributed by atoms with Crippen LogP contribution in [-0.4, -0.2) is 10.8 Å². The van der Waals surface area contributed by atoms with Crippen LogP contribution in [0.5, 0.6) is 0 Å². The Labute approximate surface area is 126 Å². The second-order valence-corrected chi connectivity index (χ2v) is 4.41. The van der Waals surface area contributed by atoms with E-state index in [2.05, 4.69) is 34.9 Å². The lowest BCUT2D eigenvalue weighted by atomic mass is 10.1. The predicted octanol–water partition coefficient (Wildman–Crippen LogP) is 4.87. The third-order valence-corrected chi connectivity index (χ3v) is 2.76. The van der Waals surface area contributed by atoms with Gasteiger partial charge in [-0.05, 0) is 25.0 Å². The van der Waals surface area contributed by atoms with Crippen LogP contribution in [-0.2, 0) is 0 Å². The normalized spacial score (nSPS) is 12.8. The molecule has 1 heterocycles. The number of nitrogens with zero attached hydrogens (tertiary/aromatic N) is 2. The molecule has 0 spiro atoms. The summed E-state index contributed by atoms with van der Waals surface area (Å²) in [5.41, 5.74) is 2.00. The minimum atomic E-state index is -0.401. The molecule has 0 fully saturated rings. The standard InChI is InChI=1S/C17H22FN3/c1-5-8-14(9-6-2)13(4)20-17(7-3)21-16-10-11-19-12-15(16)18/h5,8-12H,4,6-7H2,1-3H3,(H,19,20,21)/b8-5-,14-9-. The van der Waals surface area contributed by atoms with E-state index < -0.39 is 5.82 Å². The highest BCUT2D eigenvalue weighted by atomic mass is 19.1. The van der Waals surface area contributed by atoms with Crippen molar-refractivity contribution in [2.24, 2.45) is 4.99 Å². The average molecular weight is 287 g/mol. The van der Waals surface area contributed by atoms with E-state index in [4.69, 9.17) is 0 Å². The molecule has 112 valence electrons. The molecule has 0 aliphatic carbocycles. The zero-order valence-electron chi connectivity index (χ0n) is 12.9. The number of allylic oxidation sites excluding steroid dienone is 3. The van der Waals surface area contributed by atoms with Crippen molar-refractivity contribution in [3.8, 4) is 0 Å². The molecule has 1 aromatic rings. The van der Waals surface area contributed by atoms with Crippen LogP contribution in [0, 0.1) is 5.82 Å². The van der Waals surface area contributed by atoms with Gasteiger partial charge in [0.1, 0.15) is 5.84 Å². The minimum Gasteiger partial charge on any atom is -0.341 e. The van der Waals surface area contributed by atoms with Crippen LogP contribution in [0.1, 0.15) is 33.6 Å². The van der Waals surface area contributed by atoms with Gasteiger partial charge in [-0.15, -0.1) is 0 Å². The van der Waals surface area contributed by atoms with E-state index in [1.54, 1.807) is 6.07 Å². The first-order chi connectivity index (χ1) is 10.1. The van der Waals surface area contributed by atoms with Crippen LogP contribution in [0.15, 0.2) is 59.5 Å². The Kier molecular flexibility index (Phi) is 7.09. The molecule has 1 aromatic heterocycles. The van der Waals surface area contributed by atoms with Crippen LogP contribution in [0.3, 0.4) is 0 Å². The van der Waals surface area contributed by atoms with Crippen molar-refractivity contribution >= 4 is 11.5 Å². The Hall–Kier alpha value is -2.23. The van der Waals surface area contributed by atoms with Crippen LogP contribution in [0.4, 0.5) is 10.1 Å². The number of amidine groups is 1. The molecule has 3 nitrogen and oxygen atoms in total. The molecule has 1 rings (SSSR count). The van der Waals surface area contributed by atoms with Gasteiger partial charge in [-0.1, -0.05) is 38.7 Å². The summed E-state index contributed by atoms with van der Waals surface area (Å²) in [6.45, 7) is 9.96. The zero-order valence-corrected chi connectivity index (χ0v) is 12.9. The van der Waals surface area contributed by atoms with Gasteiger partial charge in [0.2, 0.25) is 0 Å². The molecule has 0 atom stereocenters. The minimum absolute atomic E-state index is 0.366. The lowest BCUT2D eigenvalue weighted by Crippen LogP contribution is -2.12. The van der Waals surface area contributed by atoms with Gasteiger partial charge in [-0.3, -0.25) is 4.98 Å². The Morgan fingerprint density at radius 1 is 1.48 bits per heavy atom. The van der Waals surface area contributed by atoms with Gasteiger partial charge in [-0.25, -0.2) is 9.38 Å². The Bertz CT molecular complexity index is 571. The highest BCUT2D eigenvalue weighted by molar-refractivity contribution is 5.96. The third-order valence-electron chi connectivity index (χ3n) is 2.76. The molecule has 1 N–H and O–H groups in total. The van der Waals surface area contributed by atoms with E-state index in [-0.39, 0.29) is 0 Å². The van der Waals surface area contributed by atoms with Crippen molar-refractivity contribution in [3.63, 3.8) is 0 Å². The summed E-state index contributed by atoms with van der Waals surface area (Å²) in [7, 11) is 0. The molecule has 0 amide bonds. The molecule has 0 aromatic carbocycles. The van der Waals surface area contributed by atoms with Gasteiger partial charge in [0.15, 0.2) is 5.82 Å². The van der Waals surface area contributed by atoms with E-state index in [1.807, 2.05) is 26.0 Å². The van der Waals surface area contributed by atoms with Gasteiger partial charge in [0, 0.05) is 12.6 Å². The van der Waals surface area contributed by atoms with Crippen molar-refractivity contribution in [1.29, 1.82) is 0 Å². The number of pyridine rings is 1. The second-order valence-electron chi connectivity index (χ2n) is 4.41. The number of halogens is 1. The molecule has 0 bridgehead atoms. The number of rotatable bonds is 6. The first-order valence-corrected chi connectivity index (χ1v) is 7.08. The van der Waals surface area contributed by atoms with Gasteiger partial charge in [-0.2, -0.15) is 0 Å². The smallest absolute Gasteiger partial charge is 0.164 e. The summed E-state index contributed by atoms with van der Waals surface area (Å²) in [6.07, 6.45) is 10.2. The number of aromatic nitrogens is 1. The predicted molar refractivity (Wildman–Crippen MR) is 87.9 cm³/mol. The third kappa shape index (κ3) is 5.34. The van der Waals surface area contributed by atoms with Crippen molar-refractivity contribution in [3.05, 3.63) is 60.4 Å². The summed E-state index contributed by atoms with van der Waals surface area (Å²) in [5, 5.41) is 2.99. The number of hydrogen-bond acceptors (Lipinski definition) is 2. The summed E-state index contributed by atoms with van der Waals surface area (Å²) >= 11 is 0. The van der Waals surface area contributed by atoms with E-state index in [1.165, 1.54) is 12.4 Å². The quantitative estimate of drug-likeness (QED) is 0.460. The molecular weight excluding hydrogens is 265 g/mol. The highest BCUT2D eigenvalue weighted by Crippen LogP contribution is 2.16. The van der Waals surface area contributed by atoms with E-state index in [9.17, 15) is 4.39 Å². The SMILES string of the molecule is C=C(/N=C(\CC)Nc1ccncc1F)C(/C=C\C)=C\CC. The highest BCUT2D eigenvalue weighted by Gasteiger charge is 2.05. The largest absolute Gasteiger partial charge is 0.341 e. The van der Waals surface area contributed by atoms with Gasteiger partial charge < -0.3 is 5.32 Å². The fraction of sp³-hybridized carbons (Fsp3) is 0.294. The number of nitrogens with one attached hydrogen (secondary N) is 1. The average Bonchev–Trinajstić information content (AvgIpc) is 2.48. The van der Waals surface area contributed by atoms with Crippen molar-refractivity contribution < 1.29 is 4.39 Å². The fourth-order valence-electron chi connectivity index (χ4n) is 1.74. The summed E-state index contributed by atoms with van der Waals surface area (Å²) in [4.78, 5) is 8.20. The molecule has 0 unspecified atom stereocenters. The molecule has 0 saturated carbocycles. The van der Waals surface area contributed by atoms with Crippen LogP contribution >= 0.6 is 0 Å².